The van der Waals surface area contributed by atoms with Gasteiger partial charge in [-0.05, 0) is 39.2 Å². The second kappa shape index (κ2) is 5.31. The third kappa shape index (κ3) is 2.73. The molecule has 0 bridgehead atoms. The molecule has 15 heavy (non-hydrogen) atoms. The van der Waals surface area contributed by atoms with Gasteiger partial charge in [-0.3, -0.25) is 4.90 Å². The van der Waals surface area contributed by atoms with Gasteiger partial charge in [-0.15, -0.1) is 0 Å². The van der Waals surface area contributed by atoms with E-state index >= 15 is 0 Å². The fourth-order valence-electron chi connectivity index (χ4n) is 3.44. The number of nitrogens with one attached hydrogen (secondary N) is 1. The van der Waals surface area contributed by atoms with E-state index in [0.717, 1.165) is 24.7 Å². The standard InChI is InChI=1S/C13H26N2/c1-3-14-12-8-9-15(11(2)10-12)13-6-4-5-7-13/h11-14H,3-10H2,1-2H3. The Morgan fingerprint density at radius 1 is 1.20 bits per heavy atom. The van der Waals surface area contributed by atoms with Crippen molar-refractivity contribution in [3.8, 4) is 0 Å². The molecule has 1 aliphatic carbocycles. The van der Waals surface area contributed by atoms with E-state index in [0.29, 0.717) is 0 Å². The summed E-state index contributed by atoms with van der Waals surface area (Å²) in [5, 5.41) is 3.60. The molecule has 1 N–H and O–H groups in total. The van der Waals surface area contributed by atoms with E-state index in [1.165, 1.54) is 45.1 Å². The highest BCUT2D eigenvalue weighted by atomic mass is 15.2. The Kier molecular flexibility index (Phi) is 4.04. The van der Waals surface area contributed by atoms with Crippen molar-refractivity contribution in [3.05, 3.63) is 0 Å². The van der Waals surface area contributed by atoms with Crippen molar-refractivity contribution in [2.45, 2.75) is 70.5 Å². The van der Waals surface area contributed by atoms with Gasteiger partial charge in [-0.25, -0.2) is 0 Å². The van der Waals surface area contributed by atoms with E-state index in [-0.39, 0.29) is 0 Å². The van der Waals surface area contributed by atoms with Gasteiger partial charge in [0, 0.05) is 24.7 Å². The zero-order valence-corrected chi connectivity index (χ0v) is 10.3. The summed E-state index contributed by atoms with van der Waals surface area (Å²) in [6.07, 6.45) is 8.54. The second-order valence-corrected chi connectivity index (χ2v) is 5.30. The average molecular weight is 210 g/mol. The van der Waals surface area contributed by atoms with Gasteiger partial charge in [0.25, 0.3) is 0 Å². The first-order valence-corrected chi connectivity index (χ1v) is 6.80. The lowest BCUT2D eigenvalue weighted by Gasteiger charge is -2.41. The highest BCUT2D eigenvalue weighted by Gasteiger charge is 2.31. The molecule has 2 aliphatic rings. The van der Waals surface area contributed by atoms with Crippen molar-refractivity contribution in [2.24, 2.45) is 0 Å². The molecule has 88 valence electrons. The zero-order chi connectivity index (χ0) is 10.7. The number of nitrogens with zero attached hydrogens (tertiary/aromatic N) is 1. The van der Waals surface area contributed by atoms with Crippen molar-refractivity contribution in [1.82, 2.24) is 10.2 Å². The van der Waals surface area contributed by atoms with Crippen LogP contribution in [-0.4, -0.2) is 36.1 Å². The topological polar surface area (TPSA) is 15.3 Å². The average Bonchev–Trinajstić information content (AvgIpc) is 2.71. The van der Waals surface area contributed by atoms with Gasteiger partial charge in [0.05, 0.1) is 0 Å². The summed E-state index contributed by atoms with van der Waals surface area (Å²) >= 11 is 0. The van der Waals surface area contributed by atoms with Crippen LogP contribution in [0.1, 0.15) is 52.4 Å². The summed E-state index contributed by atoms with van der Waals surface area (Å²) < 4.78 is 0. The normalized spacial score (nSPS) is 34.8. The molecule has 0 aromatic carbocycles. The monoisotopic (exact) mass is 210 g/mol. The molecule has 2 fully saturated rings. The molecule has 2 heteroatoms. The summed E-state index contributed by atoms with van der Waals surface area (Å²) in [4.78, 5) is 2.78. The SMILES string of the molecule is CCNC1CCN(C2CCCC2)C(C)C1. The molecule has 0 amide bonds. The Morgan fingerprint density at radius 2 is 1.93 bits per heavy atom. The smallest absolute Gasteiger partial charge is 0.00980 e. The lowest BCUT2D eigenvalue weighted by molar-refractivity contribution is 0.0906. The predicted octanol–water partition coefficient (Wildman–Crippen LogP) is 2.39. The van der Waals surface area contributed by atoms with Gasteiger partial charge in [0.1, 0.15) is 0 Å². The predicted molar refractivity (Wildman–Crippen MR) is 65.1 cm³/mol. The molecular weight excluding hydrogens is 184 g/mol. The van der Waals surface area contributed by atoms with Crippen LogP contribution in [0.5, 0.6) is 0 Å². The van der Waals surface area contributed by atoms with E-state index in [1.807, 2.05) is 0 Å². The summed E-state index contributed by atoms with van der Waals surface area (Å²) in [6.45, 7) is 7.08. The van der Waals surface area contributed by atoms with E-state index in [1.54, 1.807) is 0 Å². The van der Waals surface area contributed by atoms with Gasteiger partial charge in [0.2, 0.25) is 0 Å². The largest absolute Gasteiger partial charge is 0.314 e. The van der Waals surface area contributed by atoms with Crippen LogP contribution in [0, 0.1) is 0 Å². The molecular formula is C13H26N2. The molecule has 0 spiro atoms. The van der Waals surface area contributed by atoms with Gasteiger partial charge < -0.3 is 5.32 Å². The summed E-state index contributed by atoms with van der Waals surface area (Å²) in [5.74, 6) is 0. The van der Waals surface area contributed by atoms with E-state index in [4.69, 9.17) is 0 Å². The molecule has 2 atom stereocenters. The Morgan fingerprint density at radius 3 is 2.53 bits per heavy atom. The quantitative estimate of drug-likeness (QED) is 0.769. The molecule has 2 rings (SSSR count). The fourth-order valence-corrected chi connectivity index (χ4v) is 3.44. The van der Waals surface area contributed by atoms with Gasteiger partial charge >= 0.3 is 0 Å². The van der Waals surface area contributed by atoms with Gasteiger partial charge in [-0.2, -0.15) is 0 Å². The number of hydrogen-bond acceptors (Lipinski definition) is 2. The summed E-state index contributed by atoms with van der Waals surface area (Å²) in [6, 6.07) is 2.50. The maximum atomic E-state index is 3.60. The van der Waals surface area contributed by atoms with Crippen LogP contribution in [0.3, 0.4) is 0 Å². The molecule has 1 heterocycles. The molecule has 0 aromatic heterocycles. The molecule has 0 aromatic rings. The van der Waals surface area contributed by atoms with Crippen molar-refractivity contribution >= 4 is 0 Å². The first kappa shape index (κ1) is 11.4. The molecule has 1 saturated carbocycles. The first-order valence-electron chi connectivity index (χ1n) is 6.80. The number of likely N-dealkylation sites (tertiary alicyclic amines) is 1. The minimum Gasteiger partial charge on any atom is -0.314 e. The first-order chi connectivity index (χ1) is 7.31. The van der Waals surface area contributed by atoms with E-state index in [2.05, 4.69) is 24.1 Å². The van der Waals surface area contributed by atoms with Gasteiger partial charge in [-0.1, -0.05) is 19.8 Å². The third-order valence-corrected chi connectivity index (χ3v) is 4.21. The Labute approximate surface area is 94.4 Å². The maximum Gasteiger partial charge on any atom is 0.00980 e. The van der Waals surface area contributed by atoms with Crippen LogP contribution < -0.4 is 5.32 Å². The molecule has 2 unspecified atom stereocenters. The lowest BCUT2D eigenvalue weighted by atomic mass is 9.96. The van der Waals surface area contributed by atoms with Crippen LogP contribution in [0.2, 0.25) is 0 Å². The van der Waals surface area contributed by atoms with Crippen molar-refractivity contribution in [2.75, 3.05) is 13.1 Å². The highest BCUT2D eigenvalue weighted by Crippen LogP contribution is 2.29. The number of piperidine rings is 1. The Hall–Kier alpha value is -0.0800. The van der Waals surface area contributed by atoms with Crippen LogP contribution in [0.25, 0.3) is 0 Å². The Bertz CT molecular complexity index is 187. The summed E-state index contributed by atoms with van der Waals surface area (Å²) in [7, 11) is 0. The van der Waals surface area contributed by atoms with Crippen LogP contribution >= 0.6 is 0 Å². The highest BCUT2D eigenvalue weighted by molar-refractivity contribution is 4.88. The summed E-state index contributed by atoms with van der Waals surface area (Å²) in [5.41, 5.74) is 0. The molecule has 2 nitrogen and oxygen atoms in total. The third-order valence-electron chi connectivity index (χ3n) is 4.21. The minimum atomic E-state index is 0.780. The second-order valence-electron chi connectivity index (χ2n) is 5.30. The molecule has 0 radical (unpaired) electrons. The zero-order valence-electron chi connectivity index (χ0n) is 10.3. The van der Waals surface area contributed by atoms with Crippen LogP contribution in [0.4, 0.5) is 0 Å². The lowest BCUT2D eigenvalue weighted by Crippen LogP contribution is -2.50. The van der Waals surface area contributed by atoms with Crippen molar-refractivity contribution in [1.29, 1.82) is 0 Å². The van der Waals surface area contributed by atoms with Crippen LogP contribution in [-0.2, 0) is 0 Å². The fraction of sp³-hybridized carbons (Fsp3) is 1.00. The van der Waals surface area contributed by atoms with E-state index in [9.17, 15) is 0 Å². The number of hydrogen-bond donors (Lipinski definition) is 1. The van der Waals surface area contributed by atoms with Gasteiger partial charge in [0.15, 0.2) is 0 Å². The van der Waals surface area contributed by atoms with Crippen LogP contribution in [0.15, 0.2) is 0 Å². The minimum absolute atomic E-state index is 0.780. The maximum absolute atomic E-state index is 3.60. The number of rotatable bonds is 3. The molecule has 1 saturated heterocycles. The van der Waals surface area contributed by atoms with E-state index < -0.39 is 0 Å². The van der Waals surface area contributed by atoms with Crippen molar-refractivity contribution in [3.63, 3.8) is 0 Å². The Balaban J connectivity index is 1.83. The van der Waals surface area contributed by atoms with Crippen molar-refractivity contribution < 1.29 is 0 Å². The molecule has 1 aliphatic heterocycles.